The number of benzene rings is 2. The first-order valence-electron chi connectivity index (χ1n) is 8.90. The van der Waals surface area contributed by atoms with Crippen LogP contribution in [0.3, 0.4) is 0 Å². The molecule has 4 rings (SSSR count). The van der Waals surface area contributed by atoms with E-state index in [0.717, 1.165) is 41.8 Å². The first-order chi connectivity index (χ1) is 12.6. The molecule has 0 aliphatic carbocycles. The van der Waals surface area contributed by atoms with Crippen molar-refractivity contribution in [3.8, 4) is 0 Å². The lowest BCUT2D eigenvalue weighted by Crippen LogP contribution is -2.45. The van der Waals surface area contributed by atoms with Crippen LogP contribution in [-0.2, 0) is 0 Å². The van der Waals surface area contributed by atoms with Gasteiger partial charge in [0.2, 0.25) is 0 Å². The van der Waals surface area contributed by atoms with Crippen molar-refractivity contribution >= 4 is 22.6 Å². The number of carbonyl (C=O) groups excluding carboxylic acids is 1. The minimum absolute atomic E-state index is 0.0383. The van der Waals surface area contributed by atoms with Gasteiger partial charge in [-0.15, -0.1) is 0 Å². The summed E-state index contributed by atoms with van der Waals surface area (Å²) in [6.45, 7) is 3.29. The van der Waals surface area contributed by atoms with E-state index in [0.29, 0.717) is 12.1 Å². The Hall–Kier alpha value is -2.82. The van der Waals surface area contributed by atoms with Crippen molar-refractivity contribution < 1.29 is 13.6 Å². The van der Waals surface area contributed by atoms with Gasteiger partial charge in [-0.05, 0) is 68.3 Å². The number of nitrogens with one attached hydrogen (secondary N) is 1. The predicted molar refractivity (Wildman–Crippen MR) is 99.9 cm³/mol. The monoisotopic (exact) mass is 352 g/mol. The highest BCUT2D eigenvalue weighted by Gasteiger charge is 2.24. The van der Waals surface area contributed by atoms with E-state index < -0.39 is 0 Å². The van der Waals surface area contributed by atoms with Crippen LogP contribution in [0.2, 0.25) is 0 Å². The van der Waals surface area contributed by atoms with E-state index in [1.165, 1.54) is 12.1 Å². The molecule has 4 nitrogen and oxygen atoms in total. The predicted octanol–water partition coefficient (Wildman–Crippen LogP) is 4.60. The fraction of sp³-hybridized carbons (Fsp3) is 0.286. The molecule has 134 valence electrons. The third-order valence-corrected chi connectivity index (χ3v) is 4.81. The topological polar surface area (TPSA) is 45.5 Å². The molecule has 1 fully saturated rings. The van der Waals surface area contributed by atoms with Gasteiger partial charge in [-0.3, -0.25) is 4.79 Å². The first kappa shape index (κ1) is 16.6. The Morgan fingerprint density at radius 3 is 2.81 bits per heavy atom. The van der Waals surface area contributed by atoms with E-state index in [2.05, 4.69) is 5.32 Å². The van der Waals surface area contributed by atoms with Gasteiger partial charge in [0.15, 0.2) is 0 Å². The molecule has 1 atom stereocenters. The standard InChI is InChI=1S/C21H21FN2O2/c1-14-11-16-12-15(4-9-20(16)26-14)21(25)24-10-2-3-19(13-24)23-18-7-5-17(22)6-8-18/h4-9,11-12,19,23H,2-3,10,13H2,1H3/t19-/m1/s1. The molecule has 1 aliphatic heterocycles. The molecule has 1 aromatic heterocycles. The first-order valence-corrected chi connectivity index (χ1v) is 8.90. The zero-order valence-electron chi connectivity index (χ0n) is 14.7. The minimum Gasteiger partial charge on any atom is -0.461 e. The van der Waals surface area contributed by atoms with Crippen LogP contribution in [0.15, 0.2) is 52.9 Å². The molecule has 0 unspecified atom stereocenters. The highest BCUT2D eigenvalue weighted by Crippen LogP contribution is 2.23. The number of amides is 1. The lowest BCUT2D eigenvalue weighted by atomic mass is 10.0. The van der Waals surface area contributed by atoms with Gasteiger partial charge in [-0.2, -0.15) is 0 Å². The number of aryl methyl sites for hydroxylation is 1. The number of hydrogen-bond donors (Lipinski definition) is 1. The number of carbonyl (C=O) groups is 1. The van der Waals surface area contributed by atoms with E-state index in [9.17, 15) is 9.18 Å². The molecule has 1 amide bonds. The van der Waals surface area contributed by atoms with Gasteiger partial charge >= 0.3 is 0 Å². The highest BCUT2D eigenvalue weighted by molar-refractivity contribution is 5.98. The number of anilines is 1. The van der Waals surface area contributed by atoms with Crippen molar-refractivity contribution in [2.24, 2.45) is 0 Å². The summed E-state index contributed by atoms with van der Waals surface area (Å²) in [5.41, 5.74) is 2.36. The SMILES string of the molecule is Cc1cc2cc(C(=O)N3CCC[C@@H](Nc4ccc(F)cc4)C3)ccc2o1. The van der Waals surface area contributed by atoms with Crippen LogP contribution >= 0.6 is 0 Å². The highest BCUT2D eigenvalue weighted by atomic mass is 19.1. The third kappa shape index (κ3) is 3.43. The second-order valence-corrected chi connectivity index (χ2v) is 6.85. The number of furan rings is 1. The van der Waals surface area contributed by atoms with Gasteiger partial charge in [0, 0.05) is 35.8 Å². The van der Waals surface area contributed by atoms with Crippen LogP contribution in [0.4, 0.5) is 10.1 Å². The average Bonchev–Trinajstić information content (AvgIpc) is 3.02. The molecule has 0 radical (unpaired) electrons. The Morgan fingerprint density at radius 2 is 2.00 bits per heavy atom. The van der Waals surface area contributed by atoms with Gasteiger partial charge in [0.05, 0.1) is 0 Å². The van der Waals surface area contributed by atoms with Crippen LogP contribution in [0.1, 0.15) is 29.0 Å². The third-order valence-electron chi connectivity index (χ3n) is 4.81. The fourth-order valence-corrected chi connectivity index (χ4v) is 3.55. The Kier molecular flexibility index (Phi) is 4.37. The van der Waals surface area contributed by atoms with E-state index in [1.54, 1.807) is 12.1 Å². The molecule has 0 spiro atoms. The molecule has 0 saturated carbocycles. The van der Waals surface area contributed by atoms with Crippen molar-refractivity contribution in [2.75, 3.05) is 18.4 Å². The van der Waals surface area contributed by atoms with Crippen LogP contribution in [0.5, 0.6) is 0 Å². The van der Waals surface area contributed by atoms with Crippen molar-refractivity contribution in [3.05, 3.63) is 65.7 Å². The molecule has 1 N–H and O–H groups in total. The molecule has 26 heavy (non-hydrogen) atoms. The molecule has 0 bridgehead atoms. The second-order valence-electron chi connectivity index (χ2n) is 6.85. The molecule has 1 aliphatic rings. The maximum Gasteiger partial charge on any atom is 0.253 e. The maximum absolute atomic E-state index is 13.0. The summed E-state index contributed by atoms with van der Waals surface area (Å²) in [5.74, 6) is 0.628. The smallest absolute Gasteiger partial charge is 0.253 e. The summed E-state index contributed by atoms with van der Waals surface area (Å²) in [6.07, 6.45) is 1.93. The fourth-order valence-electron chi connectivity index (χ4n) is 3.55. The second kappa shape index (κ2) is 6.83. The number of rotatable bonds is 3. The van der Waals surface area contributed by atoms with Crippen molar-refractivity contribution in [1.82, 2.24) is 4.90 Å². The van der Waals surface area contributed by atoms with Crippen molar-refractivity contribution in [2.45, 2.75) is 25.8 Å². The van der Waals surface area contributed by atoms with Crippen LogP contribution in [0.25, 0.3) is 11.0 Å². The number of halogens is 1. The number of piperidine rings is 1. The summed E-state index contributed by atoms with van der Waals surface area (Å²) in [6, 6.07) is 14.0. The summed E-state index contributed by atoms with van der Waals surface area (Å²) < 4.78 is 18.6. The van der Waals surface area contributed by atoms with Gasteiger partial charge in [0.25, 0.3) is 5.91 Å². The zero-order valence-corrected chi connectivity index (χ0v) is 14.7. The molecule has 5 heteroatoms. The summed E-state index contributed by atoms with van der Waals surface area (Å²) >= 11 is 0. The molecular formula is C21H21FN2O2. The molecule has 2 aromatic carbocycles. The van der Waals surface area contributed by atoms with Crippen molar-refractivity contribution in [3.63, 3.8) is 0 Å². The lowest BCUT2D eigenvalue weighted by molar-refractivity contribution is 0.0715. The minimum atomic E-state index is -0.249. The molecular weight excluding hydrogens is 331 g/mol. The van der Waals surface area contributed by atoms with Crippen LogP contribution < -0.4 is 5.32 Å². The normalized spacial score (nSPS) is 17.5. The Balaban J connectivity index is 1.47. The van der Waals surface area contributed by atoms with Gasteiger partial charge in [-0.1, -0.05) is 0 Å². The lowest BCUT2D eigenvalue weighted by Gasteiger charge is -2.33. The van der Waals surface area contributed by atoms with E-state index in [-0.39, 0.29) is 17.8 Å². The van der Waals surface area contributed by atoms with Gasteiger partial charge in [-0.25, -0.2) is 4.39 Å². The van der Waals surface area contributed by atoms with Crippen molar-refractivity contribution in [1.29, 1.82) is 0 Å². The summed E-state index contributed by atoms with van der Waals surface area (Å²) in [7, 11) is 0. The quantitative estimate of drug-likeness (QED) is 0.749. The Labute approximate surface area is 151 Å². The number of likely N-dealkylation sites (tertiary alicyclic amines) is 1. The number of nitrogens with zero attached hydrogens (tertiary/aromatic N) is 1. The van der Waals surface area contributed by atoms with Crippen LogP contribution in [0, 0.1) is 12.7 Å². The summed E-state index contributed by atoms with van der Waals surface area (Å²) in [5, 5.41) is 4.35. The van der Waals surface area contributed by atoms with E-state index >= 15 is 0 Å². The number of hydrogen-bond acceptors (Lipinski definition) is 3. The van der Waals surface area contributed by atoms with Gasteiger partial charge in [0.1, 0.15) is 17.2 Å². The zero-order chi connectivity index (χ0) is 18.1. The Bertz CT molecular complexity index is 933. The Morgan fingerprint density at radius 1 is 1.19 bits per heavy atom. The molecule has 1 saturated heterocycles. The summed E-state index contributed by atoms with van der Waals surface area (Å²) in [4.78, 5) is 14.8. The van der Waals surface area contributed by atoms with Gasteiger partial charge < -0.3 is 14.6 Å². The average molecular weight is 352 g/mol. The number of fused-ring (bicyclic) bond motifs is 1. The van der Waals surface area contributed by atoms with Crippen LogP contribution in [-0.4, -0.2) is 29.9 Å². The van der Waals surface area contributed by atoms with E-state index in [1.807, 2.05) is 36.1 Å². The molecule has 3 aromatic rings. The molecule has 2 heterocycles. The van der Waals surface area contributed by atoms with E-state index in [4.69, 9.17) is 4.42 Å². The largest absolute Gasteiger partial charge is 0.461 e. The maximum atomic E-state index is 13.0.